The summed E-state index contributed by atoms with van der Waals surface area (Å²) in [6, 6.07) is 4.17. The lowest BCUT2D eigenvalue weighted by Gasteiger charge is -1.99. The van der Waals surface area contributed by atoms with Crippen LogP contribution in [0.1, 0.15) is 21.5 Å². The molecule has 0 spiro atoms. The van der Waals surface area contributed by atoms with E-state index in [1.54, 1.807) is 0 Å². The number of carboxylic acids is 1. The number of nitrogens with zero attached hydrogens (tertiary/aromatic N) is 2. The lowest BCUT2D eigenvalue weighted by Crippen LogP contribution is -1.99. The topological polar surface area (TPSA) is 102 Å². The zero-order chi connectivity index (χ0) is 11.3. The minimum atomic E-state index is -1.12. The smallest absolute Gasteiger partial charge is 0.335 e. The second-order valence-electron chi connectivity index (χ2n) is 2.68. The number of hydrogen-bond acceptors (Lipinski definition) is 5. The van der Waals surface area contributed by atoms with Crippen LogP contribution in [0.5, 0.6) is 0 Å². The molecule has 0 aliphatic heterocycles. The molecule has 1 aromatic carbocycles. The SMILES string of the molecule is O=C(O)c1cc(/C=N\O)cc(/C=N\O)c1. The van der Waals surface area contributed by atoms with Gasteiger partial charge >= 0.3 is 5.97 Å². The van der Waals surface area contributed by atoms with E-state index in [1.807, 2.05) is 0 Å². The Morgan fingerprint density at radius 2 is 1.53 bits per heavy atom. The number of carboxylic acid groups (broad SMARTS) is 1. The van der Waals surface area contributed by atoms with Gasteiger partial charge in [-0.2, -0.15) is 0 Å². The molecule has 0 aliphatic carbocycles. The van der Waals surface area contributed by atoms with Gasteiger partial charge in [0.25, 0.3) is 0 Å². The van der Waals surface area contributed by atoms with Crippen LogP contribution >= 0.6 is 0 Å². The summed E-state index contributed by atoms with van der Waals surface area (Å²) in [5.74, 6) is -1.12. The third-order valence-corrected chi connectivity index (χ3v) is 1.64. The Hall–Kier alpha value is -2.37. The molecule has 15 heavy (non-hydrogen) atoms. The predicted molar refractivity (Wildman–Crippen MR) is 52.2 cm³/mol. The molecule has 0 saturated carbocycles. The number of benzene rings is 1. The zero-order valence-electron chi connectivity index (χ0n) is 7.53. The average Bonchev–Trinajstić information content (AvgIpc) is 2.18. The molecule has 1 aromatic rings. The Balaban J connectivity index is 3.25. The van der Waals surface area contributed by atoms with Crippen LogP contribution in [0.15, 0.2) is 28.5 Å². The van der Waals surface area contributed by atoms with Crippen molar-refractivity contribution in [3.05, 3.63) is 34.9 Å². The van der Waals surface area contributed by atoms with E-state index in [-0.39, 0.29) is 5.56 Å². The van der Waals surface area contributed by atoms with Gasteiger partial charge in [0.1, 0.15) is 0 Å². The van der Waals surface area contributed by atoms with Crippen LogP contribution in [0, 0.1) is 0 Å². The minimum Gasteiger partial charge on any atom is -0.478 e. The van der Waals surface area contributed by atoms with E-state index in [0.29, 0.717) is 11.1 Å². The lowest BCUT2D eigenvalue weighted by molar-refractivity contribution is 0.0697. The van der Waals surface area contributed by atoms with Gasteiger partial charge < -0.3 is 15.5 Å². The van der Waals surface area contributed by atoms with Gasteiger partial charge in [-0.25, -0.2) is 4.79 Å². The van der Waals surface area contributed by atoms with E-state index in [0.717, 1.165) is 12.4 Å². The molecule has 0 fully saturated rings. The molecule has 0 amide bonds. The van der Waals surface area contributed by atoms with E-state index in [2.05, 4.69) is 10.3 Å². The highest BCUT2D eigenvalue weighted by molar-refractivity contribution is 5.94. The summed E-state index contributed by atoms with van der Waals surface area (Å²) < 4.78 is 0. The summed E-state index contributed by atoms with van der Waals surface area (Å²) in [4.78, 5) is 10.7. The average molecular weight is 208 g/mol. The molecule has 6 nitrogen and oxygen atoms in total. The van der Waals surface area contributed by atoms with Crippen molar-refractivity contribution in [2.75, 3.05) is 0 Å². The molecule has 0 saturated heterocycles. The summed E-state index contributed by atoms with van der Waals surface area (Å²) in [6.45, 7) is 0. The van der Waals surface area contributed by atoms with Crippen molar-refractivity contribution >= 4 is 18.4 Å². The fraction of sp³-hybridized carbons (Fsp3) is 0. The molecule has 6 heteroatoms. The third kappa shape index (κ3) is 2.80. The molecule has 0 atom stereocenters. The molecule has 0 bridgehead atoms. The van der Waals surface area contributed by atoms with Crippen molar-refractivity contribution in [2.24, 2.45) is 10.3 Å². The number of aromatic carboxylic acids is 1. The predicted octanol–water partition coefficient (Wildman–Crippen LogP) is 1.00. The normalized spacial score (nSPS) is 11.2. The van der Waals surface area contributed by atoms with Gasteiger partial charge in [-0.15, -0.1) is 0 Å². The van der Waals surface area contributed by atoms with Crippen LogP contribution in [-0.2, 0) is 0 Å². The van der Waals surface area contributed by atoms with Crippen molar-refractivity contribution in [1.82, 2.24) is 0 Å². The first kappa shape index (κ1) is 10.7. The van der Waals surface area contributed by atoms with Gasteiger partial charge in [0, 0.05) is 0 Å². The Morgan fingerprint density at radius 1 is 1.07 bits per heavy atom. The summed E-state index contributed by atoms with van der Waals surface area (Å²) in [5, 5.41) is 30.9. The van der Waals surface area contributed by atoms with Crippen LogP contribution in [0.4, 0.5) is 0 Å². The molecule has 3 N–H and O–H groups in total. The standard InChI is InChI=1S/C9H8N2O4/c12-9(13)8-2-6(4-10-14)1-7(3-8)5-11-15/h1-5,14-15H,(H,12,13)/b10-4-,11-5-. The van der Waals surface area contributed by atoms with Gasteiger partial charge in [0.2, 0.25) is 0 Å². The third-order valence-electron chi connectivity index (χ3n) is 1.64. The molecule has 0 aliphatic rings. The van der Waals surface area contributed by atoms with Gasteiger partial charge in [0.05, 0.1) is 18.0 Å². The lowest BCUT2D eigenvalue weighted by atomic mass is 10.1. The number of oxime groups is 2. The van der Waals surface area contributed by atoms with Crippen LogP contribution in [0.2, 0.25) is 0 Å². The maximum atomic E-state index is 10.7. The van der Waals surface area contributed by atoms with Gasteiger partial charge in [0.15, 0.2) is 0 Å². The monoisotopic (exact) mass is 208 g/mol. The fourth-order valence-corrected chi connectivity index (χ4v) is 1.08. The molecular formula is C9H8N2O4. The quantitative estimate of drug-likeness (QED) is 0.391. The molecule has 0 aromatic heterocycles. The Morgan fingerprint density at radius 3 is 1.87 bits per heavy atom. The van der Waals surface area contributed by atoms with Crippen LogP contribution in [0.3, 0.4) is 0 Å². The maximum absolute atomic E-state index is 10.7. The van der Waals surface area contributed by atoms with E-state index < -0.39 is 5.97 Å². The Kier molecular flexibility index (Phi) is 3.39. The second-order valence-corrected chi connectivity index (χ2v) is 2.68. The highest BCUT2D eigenvalue weighted by Crippen LogP contribution is 2.08. The molecule has 1 rings (SSSR count). The molecule has 0 heterocycles. The maximum Gasteiger partial charge on any atom is 0.335 e. The minimum absolute atomic E-state index is 0.0160. The highest BCUT2D eigenvalue weighted by Gasteiger charge is 2.05. The summed E-state index contributed by atoms with van der Waals surface area (Å²) in [6.07, 6.45) is 2.17. The number of hydrogen-bond donors (Lipinski definition) is 3. The van der Waals surface area contributed by atoms with Crippen molar-refractivity contribution in [1.29, 1.82) is 0 Å². The summed E-state index contributed by atoms with van der Waals surface area (Å²) in [7, 11) is 0. The van der Waals surface area contributed by atoms with Crippen molar-refractivity contribution in [2.45, 2.75) is 0 Å². The highest BCUT2D eigenvalue weighted by atomic mass is 16.4. The first-order valence-electron chi connectivity index (χ1n) is 3.90. The summed E-state index contributed by atoms with van der Waals surface area (Å²) >= 11 is 0. The van der Waals surface area contributed by atoms with Gasteiger partial charge in [-0.1, -0.05) is 10.3 Å². The van der Waals surface area contributed by atoms with Crippen LogP contribution in [-0.4, -0.2) is 33.9 Å². The van der Waals surface area contributed by atoms with E-state index >= 15 is 0 Å². The Bertz CT molecular complexity index is 396. The fourth-order valence-electron chi connectivity index (χ4n) is 1.08. The van der Waals surface area contributed by atoms with E-state index in [9.17, 15) is 4.79 Å². The second kappa shape index (κ2) is 4.75. The van der Waals surface area contributed by atoms with Crippen molar-refractivity contribution in [3.63, 3.8) is 0 Å². The largest absolute Gasteiger partial charge is 0.478 e. The van der Waals surface area contributed by atoms with Gasteiger partial charge in [-0.05, 0) is 29.3 Å². The first-order valence-corrected chi connectivity index (χ1v) is 3.90. The van der Waals surface area contributed by atoms with Crippen LogP contribution in [0.25, 0.3) is 0 Å². The van der Waals surface area contributed by atoms with E-state index in [4.69, 9.17) is 15.5 Å². The zero-order valence-corrected chi connectivity index (χ0v) is 7.53. The van der Waals surface area contributed by atoms with Crippen LogP contribution < -0.4 is 0 Å². The van der Waals surface area contributed by atoms with Crippen molar-refractivity contribution < 1.29 is 20.3 Å². The molecular weight excluding hydrogens is 200 g/mol. The number of rotatable bonds is 3. The molecule has 0 unspecified atom stereocenters. The summed E-state index contributed by atoms with van der Waals surface area (Å²) in [5.41, 5.74) is 0.807. The van der Waals surface area contributed by atoms with Crippen molar-refractivity contribution in [3.8, 4) is 0 Å². The Labute approximate surface area is 84.8 Å². The molecule has 78 valence electrons. The number of carbonyl (C=O) groups is 1. The van der Waals surface area contributed by atoms with Gasteiger partial charge in [-0.3, -0.25) is 0 Å². The van der Waals surface area contributed by atoms with E-state index in [1.165, 1.54) is 18.2 Å². The molecule has 0 radical (unpaired) electrons. The first-order chi connectivity index (χ1) is 7.17.